The monoisotopic (exact) mass is 274 g/mol. The maximum absolute atomic E-state index is 11.4. The number of rotatable bonds is 3. The number of carbonyl (C=O) groups is 1. The molecule has 0 aliphatic carbocycles. The summed E-state index contributed by atoms with van der Waals surface area (Å²) < 4.78 is 0. The molecule has 0 saturated carbocycles. The molecular formula is C15H22N4O. The number of benzene rings is 1. The number of likely N-dealkylation sites (tertiary alicyclic amines) is 1. The molecule has 1 aromatic carbocycles. The standard InChI is InChI=1S/C15H22N4O/c1-19-5-4-10(9-19)8-17-14-6-11-2-3-15(20)18-13(11)7-12(14)16/h6-7,10,17H,2-5,8-9,16H2,1H3,(H,18,20). The number of carbonyl (C=O) groups excluding carboxylic acids is 1. The van der Waals surface area contributed by atoms with E-state index in [1.807, 2.05) is 6.07 Å². The van der Waals surface area contributed by atoms with E-state index in [9.17, 15) is 4.79 Å². The molecule has 0 bridgehead atoms. The Morgan fingerprint density at radius 1 is 1.45 bits per heavy atom. The van der Waals surface area contributed by atoms with Gasteiger partial charge in [-0.25, -0.2) is 0 Å². The molecular weight excluding hydrogens is 252 g/mol. The summed E-state index contributed by atoms with van der Waals surface area (Å²) in [5.41, 5.74) is 9.82. The fourth-order valence-corrected chi connectivity index (χ4v) is 3.05. The Kier molecular flexibility index (Phi) is 3.53. The number of nitrogens with zero attached hydrogens (tertiary/aromatic N) is 1. The third-order valence-electron chi connectivity index (χ3n) is 4.24. The lowest BCUT2D eigenvalue weighted by Gasteiger charge is -2.20. The normalized spacial score (nSPS) is 22.4. The molecule has 20 heavy (non-hydrogen) atoms. The third kappa shape index (κ3) is 2.72. The average molecular weight is 274 g/mol. The number of aryl methyl sites for hydroxylation is 1. The van der Waals surface area contributed by atoms with Crippen molar-refractivity contribution in [2.24, 2.45) is 5.92 Å². The molecule has 1 unspecified atom stereocenters. The number of hydrogen-bond acceptors (Lipinski definition) is 4. The molecule has 1 fully saturated rings. The van der Waals surface area contributed by atoms with Crippen LogP contribution in [-0.2, 0) is 11.2 Å². The lowest BCUT2D eigenvalue weighted by atomic mass is 10.0. The second-order valence-electron chi connectivity index (χ2n) is 5.94. The van der Waals surface area contributed by atoms with Gasteiger partial charge in [0.1, 0.15) is 0 Å². The second-order valence-corrected chi connectivity index (χ2v) is 5.94. The fraction of sp³-hybridized carbons (Fsp3) is 0.533. The van der Waals surface area contributed by atoms with Crippen molar-refractivity contribution in [3.63, 3.8) is 0 Å². The summed E-state index contributed by atoms with van der Waals surface area (Å²) in [6.45, 7) is 3.28. The van der Waals surface area contributed by atoms with Crippen LogP contribution in [0.3, 0.4) is 0 Å². The Morgan fingerprint density at radius 3 is 3.05 bits per heavy atom. The van der Waals surface area contributed by atoms with Crippen molar-refractivity contribution in [1.82, 2.24) is 4.90 Å². The minimum absolute atomic E-state index is 0.0756. The number of anilines is 3. The van der Waals surface area contributed by atoms with E-state index in [0.29, 0.717) is 18.0 Å². The minimum Gasteiger partial charge on any atom is -0.397 e. The van der Waals surface area contributed by atoms with Gasteiger partial charge in [0.25, 0.3) is 0 Å². The van der Waals surface area contributed by atoms with Crippen molar-refractivity contribution >= 4 is 23.0 Å². The Morgan fingerprint density at radius 2 is 2.30 bits per heavy atom. The SMILES string of the molecule is CN1CCC(CNc2cc3c(cc2N)NC(=O)CC3)C1. The van der Waals surface area contributed by atoms with E-state index in [-0.39, 0.29) is 5.91 Å². The molecule has 2 aliphatic rings. The van der Waals surface area contributed by atoms with Gasteiger partial charge in [-0.05, 0) is 50.0 Å². The lowest BCUT2D eigenvalue weighted by molar-refractivity contribution is -0.116. The summed E-state index contributed by atoms with van der Waals surface area (Å²) in [7, 11) is 2.16. The predicted molar refractivity (Wildman–Crippen MR) is 81.9 cm³/mol. The van der Waals surface area contributed by atoms with E-state index in [1.165, 1.54) is 18.5 Å². The van der Waals surface area contributed by atoms with E-state index in [2.05, 4.69) is 28.6 Å². The van der Waals surface area contributed by atoms with E-state index >= 15 is 0 Å². The summed E-state index contributed by atoms with van der Waals surface area (Å²) in [6, 6.07) is 3.96. The maximum Gasteiger partial charge on any atom is 0.224 e. The van der Waals surface area contributed by atoms with Crippen molar-refractivity contribution < 1.29 is 4.79 Å². The first-order chi connectivity index (χ1) is 9.61. The van der Waals surface area contributed by atoms with Gasteiger partial charge in [-0.15, -0.1) is 0 Å². The molecule has 0 aromatic heterocycles. The van der Waals surface area contributed by atoms with E-state index in [1.54, 1.807) is 0 Å². The Hall–Kier alpha value is -1.75. The Labute approximate surface area is 119 Å². The number of hydrogen-bond donors (Lipinski definition) is 3. The van der Waals surface area contributed by atoms with E-state index in [4.69, 9.17) is 5.73 Å². The van der Waals surface area contributed by atoms with Gasteiger partial charge in [-0.1, -0.05) is 0 Å². The van der Waals surface area contributed by atoms with Crippen molar-refractivity contribution in [2.45, 2.75) is 19.3 Å². The fourth-order valence-electron chi connectivity index (χ4n) is 3.05. The van der Waals surface area contributed by atoms with Crippen molar-refractivity contribution in [1.29, 1.82) is 0 Å². The summed E-state index contributed by atoms with van der Waals surface area (Å²) >= 11 is 0. The molecule has 1 saturated heterocycles. The summed E-state index contributed by atoms with van der Waals surface area (Å²) in [4.78, 5) is 13.7. The molecule has 108 valence electrons. The van der Waals surface area contributed by atoms with Crippen LogP contribution in [0.15, 0.2) is 12.1 Å². The van der Waals surface area contributed by atoms with Crippen LogP contribution in [0.5, 0.6) is 0 Å². The maximum atomic E-state index is 11.4. The van der Waals surface area contributed by atoms with Gasteiger partial charge in [0.05, 0.1) is 11.4 Å². The Bertz CT molecular complexity index is 529. The molecule has 2 heterocycles. The van der Waals surface area contributed by atoms with Crippen LogP contribution in [0.1, 0.15) is 18.4 Å². The molecule has 5 heteroatoms. The molecule has 4 N–H and O–H groups in total. The van der Waals surface area contributed by atoms with Crippen LogP contribution in [0.4, 0.5) is 17.1 Å². The first-order valence-corrected chi connectivity index (χ1v) is 7.26. The molecule has 0 spiro atoms. The number of nitrogens with two attached hydrogens (primary N) is 1. The van der Waals surface area contributed by atoms with Crippen LogP contribution in [-0.4, -0.2) is 37.5 Å². The van der Waals surface area contributed by atoms with E-state index < -0.39 is 0 Å². The molecule has 3 rings (SSSR count). The largest absolute Gasteiger partial charge is 0.397 e. The summed E-state index contributed by atoms with van der Waals surface area (Å²) in [5, 5.41) is 6.35. The van der Waals surface area contributed by atoms with Crippen LogP contribution in [0.25, 0.3) is 0 Å². The quantitative estimate of drug-likeness (QED) is 0.731. The van der Waals surface area contributed by atoms with Crippen molar-refractivity contribution in [3.8, 4) is 0 Å². The van der Waals surface area contributed by atoms with Crippen LogP contribution in [0, 0.1) is 5.92 Å². The zero-order valence-corrected chi connectivity index (χ0v) is 11.9. The number of nitrogen functional groups attached to an aromatic ring is 1. The van der Waals surface area contributed by atoms with Gasteiger partial charge < -0.3 is 21.3 Å². The number of fused-ring (bicyclic) bond motifs is 1. The third-order valence-corrected chi connectivity index (χ3v) is 4.24. The minimum atomic E-state index is 0.0756. The van der Waals surface area contributed by atoms with Crippen molar-refractivity contribution in [2.75, 3.05) is 43.0 Å². The topological polar surface area (TPSA) is 70.4 Å². The molecule has 1 atom stereocenters. The summed E-state index contributed by atoms with van der Waals surface area (Å²) in [6.07, 6.45) is 2.59. The highest BCUT2D eigenvalue weighted by Gasteiger charge is 2.20. The molecule has 5 nitrogen and oxygen atoms in total. The lowest BCUT2D eigenvalue weighted by Crippen LogP contribution is -2.21. The van der Waals surface area contributed by atoms with Crippen LogP contribution < -0.4 is 16.4 Å². The number of nitrogens with one attached hydrogen (secondary N) is 2. The van der Waals surface area contributed by atoms with Gasteiger partial charge >= 0.3 is 0 Å². The predicted octanol–water partition coefficient (Wildman–Crippen LogP) is 1.52. The first-order valence-electron chi connectivity index (χ1n) is 7.26. The number of amides is 1. The van der Waals surface area contributed by atoms with Crippen LogP contribution >= 0.6 is 0 Å². The van der Waals surface area contributed by atoms with Crippen LogP contribution in [0.2, 0.25) is 0 Å². The Balaban J connectivity index is 1.69. The molecule has 1 aromatic rings. The second kappa shape index (κ2) is 5.32. The highest BCUT2D eigenvalue weighted by atomic mass is 16.1. The highest BCUT2D eigenvalue weighted by Crippen LogP contribution is 2.31. The molecule has 2 aliphatic heterocycles. The summed E-state index contributed by atoms with van der Waals surface area (Å²) in [5.74, 6) is 0.765. The smallest absolute Gasteiger partial charge is 0.224 e. The average Bonchev–Trinajstić information content (AvgIpc) is 2.82. The van der Waals surface area contributed by atoms with Crippen molar-refractivity contribution in [3.05, 3.63) is 17.7 Å². The molecule has 1 amide bonds. The first kappa shape index (κ1) is 13.2. The van der Waals surface area contributed by atoms with Gasteiger partial charge in [0.2, 0.25) is 5.91 Å². The van der Waals surface area contributed by atoms with E-state index in [0.717, 1.165) is 30.9 Å². The van der Waals surface area contributed by atoms with Gasteiger partial charge in [-0.3, -0.25) is 4.79 Å². The van der Waals surface area contributed by atoms with Gasteiger partial charge in [0.15, 0.2) is 0 Å². The van der Waals surface area contributed by atoms with Gasteiger partial charge in [-0.2, -0.15) is 0 Å². The molecule has 0 radical (unpaired) electrons. The highest BCUT2D eigenvalue weighted by molar-refractivity contribution is 5.95. The zero-order valence-electron chi connectivity index (χ0n) is 11.9. The van der Waals surface area contributed by atoms with Gasteiger partial charge in [0, 0.05) is 25.2 Å². The zero-order chi connectivity index (χ0) is 14.1.